The molecule has 4 rings (SSSR count). The van der Waals surface area contributed by atoms with E-state index in [9.17, 15) is 0 Å². The molecule has 0 aliphatic carbocycles. The zero-order valence-electron chi connectivity index (χ0n) is 12.4. The fraction of sp³-hybridized carbons (Fsp3) is 0.118. The summed E-state index contributed by atoms with van der Waals surface area (Å²) in [5, 5.41) is 13.4. The van der Waals surface area contributed by atoms with Crippen LogP contribution in [0.4, 0.5) is 0 Å². The number of aromatic amines is 1. The zero-order valence-corrected chi connectivity index (χ0v) is 12.4. The fourth-order valence-corrected chi connectivity index (χ4v) is 2.88. The van der Waals surface area contributed by atoms with Crippen molar-refractivity contribution >= 4 is 10.9 Å². The highest BCUT2D eigenvalue weighted by atomic mass is 15.5. The van der Waals surface area contributed by atoms with Gasteiger partial charge in [0.05, 0.1) is 5.69 Å². The number of nitrogens with one attached hydrogen (secondary N) is 1. The largest absolute Gasteiger partial charge is 0.360 e. The Hall–Kier alpha value is -2.95. The van der Waals surface area contributed by atoms with E-state index < -0.39 is 0 Å². The van der Waals surface area contributed by atoms with Crippen molar-refractivity contribution in [3.05, 3.63) is 59.8 Å². The van der Waals surface area contributed by atoms with Crippen LogP contribution in [0.5, 0.6) is 0 Å². The molecule has 0 saturated heterocycles. The Morgan fingerprint density at radius 3 is 2.68 bits per heavy atom. The predicted molar refractivity (Wildman–Crippen MR) is 85.9 cm³/mol. The first-order valence-corrected chi connectivity index (χ1v) is 7.16. The van der Waals surface area contributed by atoms with Gasteiger partial charge >= 0.3 is 0 Å². The molecule has 0 radical (unpaired) electrons. The Labute approximate surface area is 127 Å². The van der Waals surface area contributed by atoms with Crippen molar-refractivity contribution in [1.29, 1.82) is 0 Å². The summed E-state index contributed by atoms with van der Waals surface area (Å²) in [6.45, 7) is 4.21. The molecule has 2 aromatic carbocycles. The number of aromatic nitrogens is 5. The Kier molecular flexibility index (Phi) is 2.79. The Morgan fingerprint density at radius 2 is 1.86 bits per heavy atom. The highest BCUT2D eigenvalue weighted by molar-refractivity contribution is 5.96. The van der Waals surface area contributed by atoms with Gasteiger partial charge in [-0.25, -0.2) is 0 Å². The summed E-state index contributed by atoms with van der Waals surface area (Å²) in [7, 11) is 0. The number of para-hydroxylation sites is 1. The summed E-state index contributed by atoms with van der Waals surface area (Å²) in [6.07, 6.45) is 1.97. The van der Waals surface area contributed by atoms with Gasteiger partial charge in [0.1, 0.15) is 0 Å². The van der Waals surface area contributed by atoms with E-state index in [0.717, 1.165) is 28.0 Å². The van der Waals surface area contributed by atoms with Gasteiger partial charge in [-0.1, -0.05) is 29.8 Å². The highest BCUT2D eigenvalue weighted by Gasteiger charge is 2.15. The second-order valence-corrected chi connectivity index (χ2v) is 5.46. The van der Waals surface area contributed by atoms with Crippen LogP contribution in [0, 0.1) is 13.8 Å². The van der Waals surface area contributed by atoms with Crippen molar-refractivity contribution in [3.63, 3.8) is 0 Å². The topological polar surface area (TPSA) is 59.4 Å². The molecule has 0 atom stereocenters. The van der Waals surface area contributed by atoms with Crippen molar-refractivity contribution in [2.75, 3.05) is 0 Å². The van der Waals surface area contributed by atoms with E-state index in [1.807, 2.05) is 36.5 Å². The molecule has 2 heterocycles. The van der Waals surface area contributed by atoms with Gasteiger partial charge in [0, 0.05) is 22.7 Å². The lowest BCUT2D eigenvalue weighted by Gasteiger charge is -2.04. The van der Waals surface area contributed by atoms with E-state index in [1.165, 1.54) is 11.1 Å². The second-order valence-electron chi connectivity index (χ2n) is 5.46. The molecule has 2 aromatic heterocycles. The number of nitrogens with zero attached hydrogens (tertiary/aromatic N) is 4. The minimum atomic E-state index is 0.738. The van der Waals surface area contributed by atoms with Gasteiger partial charge in [0.15, 0.2) is 5.82 Å². The molecule has 0 aliphatic heterocycles. The maximum Gasteiger partial charge on any atom is 0.189 e. The normalized spacial score (nSPS) is 11.2. The van der Waals surface area contributed by atoms with E-state index in [1.54, 1.807) is 4.68 Å². The van der Waals surface area contributed by atoms with Crippen LogP contribution in [0.2, 0.25) is 0 Å². The van der Waals surface area contributed by atoms with Crippen molar-refractivity contribution in [2.24, 2.45) is 0 Å². The van der Waals surface area contributed by atoms with Gasteiger partial charge in [-0.3, -0.25) is 0 Å². The van der Waals surface area contributed by atoms with Crippen LogP contribution in [0.3, 0.4) is 0 Å². The minimum Gasteiger partial charge on any atom is -0.360 e. The lowest BCUT2D eigenvalue weighted by Crippen LogP contribution is -1.99. The van der Waals surface area contributed by atoms with E-state index in [-0.39, 0.29) is 0 Å². The van der Waals surface area contributed by atoms with Crippen LogP contribution in [-0.4, -0.2) is 25.2 Å². The Balaban J connectivity index is 1.96. The number of benzene rings is 2. The SMILES string of the molecule is Cc1cc(C)c2[nH]cc(-c3nnnn3-c3ccccc3)c2c1. The van der Waals surface area contributed by atoms with Gasteiger partial charge in [-0.05, 0) is 48.0 Å². The molecular weight excluding hydrogens is 274 g/mol. The summed E-state index contributed by atoms with van der Waals surface area (Å²) < 4.78 is 1.76. The zero-order chi connectivity index (χ0) is 15.1. The fourth-order valence-electron chi connectivity index (χ4n) is 2.88. The van der Waals surface area contributed by atoms with Crippen LogP contribution >= 0.6 is 0 Å². The third kappa shape index (κ3) is 1.90. The molecule has 0 fully saturated rings. The van der Waals surface area contributed by atoms with E-state index >= 15 is 0 Å². The molecule has 108 valence electrons. The molecule has 0 bridgehead atoms. The Morgan fingerprint density at radius 1 is 1.05 bits per heavy atom. The number of aryl methyl sites for hydroxylation is 2. The first-order chi connectivity index (χ1) is 10.7. The maximum absolute atomic E-state index is 4.23. The number of H-pyrrole nitrogens is 1. The molecule has 0 amide bonds. The summed E-state index contributed by atoms with van der Waals surface area (Å²) in [5.41, 5.74) is 5.53. The predicted octanol–water partition coefficient (Wildman–Crippen LogP) is 3.43. The van der Waals surface area contributed by atoms with Gasteiger partial charge < -0.3 is 4.98 Å². The summed E-state index contributed by atoms with van der Waals surface area (Å²) >= 11 is 0. The number of hydrogen-bond donors (Lipinski definition) is 1. The van der Waals surface area contributed by atoms with E-state index in [0.29, 0.717) is 0 Å². The molecule has 0 unspecified atom stereocenters. The van der Waals surface area contributed by atoms with Gasteiger partial charge in [0.25, 0.3) is 0 Å². The average Bonchev–Trinajstić information content (AvgIpc) is 3.14. The van der Waals surface area contributed by atoms with Crippen LogP contribution in [0.25, 0.3) is 28.0 Å². The third-order valence-electron chi connectivity index (χ3n) is 3.84. The minimum absolute atomic E-state index is 0.738. The number of tetrazole rings is 1. The first kappa shape index (κ1) is 12.8. The molecule has 5 nitrogen and oxygen atoms in total. The second kappa shape index (κ2) is 4.80. The van der Waals surface area contributed by atoms with E-state index in [2.05, 4.69) is 46.5 Å². The highest BCUT2D eigenvalue weighted by Crippen LogP contribution is 2.30. The van der Waals surface area contributed by atoms with Crippen molar-refractivity contribution < 1.29 is 0 Å². The molecule has 0 saturated carbocycles. The summed E-state index contributed by atoms with van der Waals surface area (Å²) in [6, 6.07) is 14.2. The van der Waals surface area contributed by atoms with Crippen LogP contribution in [0.15, 0.2) is 48.7 Å². The van der Waals surface area contributed by atoms with Crippen LogP contribution in [0.1, 0.15) is 11.1 Å². The van der Waals surface area contributed by atoms with Crippen LogP contribution < -0.4 is 0 Å². The summed E-state index contributed by atoms with van der Waals surface area (Å²) in [4.78, 5) is 3.34. The average molecular weight is 289 g/mol. The Bertz CT molecular complexity index is 950. The molecule has 1 N–H and O–H groups in total. The molecule has 5 heteroatoms. The number of fused-ring (bicyclic) bond motifs is 1. The maximum atomic E-state index is 4.23. The van der Waals surface area contributed by atoms with Gasteiger partial charge in [-0.2, -0.15) is 4.68 Å². The van der Waals surface area contributed by atoms with Crippen molar-refractivity contribution in [1.82, 2.24) is 25.2 Å². The van der Waals surface area contributed by atoms with Gasteiger partial charge in [0.2, 0.25) is 0 Å². The van der Waals surface area contributed by atoms with Gasteiger partial charge in [-0.15, -0.1) is 5.10 Å². The van der Waals surface area contributed by atoms with E-state index in [4.69, 9.17) is 0 Å². The standard InChI is InChI=1S/C17H15N5/c1-11-8-12(2)16-14(9-11)15(10-18-16)17-19-20-21-22(17)13-6-4-3-5-7-13/h3-10,18H,1-2H3. The number of hydrogen-bond acceptors (Lipinski definition) is 3. The molecule has 22 heavy (non-hydrogen) atoms. The smallest absolute Gasteiger partial charge is 0.189 e. The quantitative estimate of drug-likeness (QED) is 0.615. The molecule has 4 aromatic rings. The lowest BCUT2D eigenvalue weighted by molar-refractivity contribution is 0.791. The van der Waals surface area contributed by atoms with Crippen LogP contribution in [-0.2, 0) is 0 Å². The first-order valence-electron chi connectivity index (χ1n) is 7.16. The molecule has 0 aliphatic rings. The van der Waals surface area contributed by atoms with Crippen molar-refractivity contribution in [3.8, 4) is 17.1 Å². The lowest BCUT2D eigenvalue weighted by atomic mass is 10.1. The molecular formula is C17H15N5. The number of rotatable bonds is 2. The summed E-state index contributed by atoms with van der Waals surface area (Å²) in [5.74, 6) is 0.738. The third-order valence-corrected chi connectivity index (χ3v) is 3.84. The molecule has 0 spiro atoms. The monoisotopic (exact) mass is 289 g/mol. The van der Waals surface area contributed by atoms with Crippen molar-refractivity contribution in [2.45, 2.75) is 13.8 Å².